The van der Waals surface area contributed by atoms with E-state index in [-0.39, 0.29) is 11.5 Å². The molecule has 1 aliphatic rings. The van der Waals surface area contributed by atoms with Crippen LogP contribution >= 0.6 is 23.2 Å². The highest BCUT2D eigenvalue weighted by atomic mass is 35.5. The molecule has 3 rings (SSSR count). The van der Waals surface area contributed by atoms with Crippen LogP contribution in [-0.2, 0) is 4.79 Å². The van der Waals surface area contributed by atoms with Crippen molar-refractivity contribution < 1.29 is 4.79 Å². The Labute approximate surface area is 143 Å². The lowest BCUT2D eigenvalue weighted by Gasteiger charge is -2.15. The SMILES string of the molecule is CC(C(=O)Nc1cc(Cl)cc(Cl)c1)n1nc(C2CC2)ccc1=O. The van der Waals surface area contributed by atoms with Crippen molar-refractivity contribution in [3.8, 4) is 0 Å². The summed E-state index contributed by atoms with van der Waals surface area (Å²) in [7, 11) is 0. The van der Waals surface area contributed by atoms with Gasteiger partial charge in [-0.15, -0.1) is 0 Å². The number of benzene rings is 1. The topological polar surface area (TPSA) is 64.0 Å². The number of hydrogen-bond donors (Lipinski definition) is 1. The highest BCUT2D eigenvalue weighted by molar-refractivity contribution is 6.35. The van der Waals surface area contributed by atoms with Crippen LogP contribution in [0.3, 0.4) is 0 Å². The van der Waals surface area contributed by atoms with E-state index >= 15 is 0 Å². The lowest BCUT2D eigenvalue weighted by atomic mass is 10.2. The van der Waals surface area contributed by atoms with Gasteiger partial charge < -0.3 is 5.32 Å². The maximum absolute atomic E-state index is 12.4. The molecule has 1 aromatic carbocycles. The van der Waals surface area contributed by atoms with Crippen LogP contribution in [-0.4, -0.2) is 15.7 Å². The Hall–Kier alpha value is -1.85. The summed E-state index contributed by atoms with van der Waals surface area (Å²) in [5.74, 6) is 0.0507. The zero-order valence-electron chi connectivity index (χ0n) is 12.4. The van der Waals surface area contributed by atoms with Gasteiger partial charge in [-0.3, -0.25) is 9.59 Å². The Balaban J connectivity index is 1.81. The van der Waals surface area contributed by atoms with Crippen LogP contribution in [0.25, 0.3) is 0 Å². The van der Waals surface area contributed by atoms with Crippen LogP contribution in [0.5, 0.6) is 0 Å². The number of nitrogens with one attached hydrogen (secondary N) is 1. The predicted molar refractivity (Wildman–Crippen MR) is 90.3 cm³/mol. The van der Waals surface area contributed by atoms with Crippen molar-refractivity contribution in [2.45, 2.75) is 31.7 Å². The maximum atomic E-state index is 12.4. The van der Waals surface area contributed by atoms with Crippen LogP contribution in [0.1, 0.15) is 37.4 Å². The summed E-state index contributed by atoms with van der Waals surface area (Å²) < 4.78 is 1.22. The Bertz CT molecular complexity index is 795. The van der Waals surface area contributed by atoms with Gasteiger partial charge in [0, 0.05) is 27.7 Å². The zero-order chi connectivity index (χ0) is 16.6. The molecule has 0 radical (unpaired) electrons. The molecule has 1 amide bonds. The fourth-order valence-electron chi connectivity index (χ4n) is 2.30. The number of halogens is 2. The first kappa shape index (κ1) is 16.0. The van der Waals surface area contributed by atoms with Crippen LogP contribution in [0.4, 0.5) is 5.69 Å². The number of anilines is 1. The minimum absolute atomic E-state index is 0.304. The van der Waals surface area contributed by atoms with Gasteiger partial charge in [0.25, 0.3) is 5.56 Å². The summed E-state index contributed by atoms with van der Waals surface area (Å²) in [5, 5.41) is 7.87. The average Bonchev–Trinajstić information content (AvgIpc) is 3.30. The van der Waals surface area contributed by atoms with Gasteiger partial charge in [0.2, 0.25) is 5.91 Å². The quantitative estimate of drug-likeness (QED) is 0.914. The highest BCUT2D eigenvalue weighted by Crippen LogP contribution is 2.38. The monoisotopic (exact) mass is 351 g/mol. The second-order valence-corrected chi connectivity index (χ2v) is 6.51. The number of rotatable bonds is 4. The minimum Gasteiger partial charge on any atom is -0.324 e. The number of carbonyl (C=O) groups excluding carboxylic acids is 1. The molecule has 23 heavy (non-hydrogen) atoms. The Morgan fingerprint density at radius 2 is 1.91 bits per heavy atom. The third kappa shape index (κ3) is 3.74. The molecule has 0 aliphatic heterocycles. The third-order valence-electron chi connectivity index (χ3n) is 3.72. The van der Waals surface area contributed by atoms with Crippen molar-refractivity contribution in [2.24, 2.45) is 0 Å². The summed E-state index contributed by atoms with van der Waals surface area (Å²) in [4.78, 5) is 24.4. The molecule has 1 fully saturated rings. The Kier molecular flexibility index (Phi) is 4.41. The standard InChI is InChI=1S/C16H15Cl2N3O2/c1-9(16(23)19-13-7-11(17)6-12(18)8-13)21-15(22)5-4-14(20-21)10-2-3-10/h4-10H,2-3H2,1H3,(H,19,23). The molecule has 5 nitrogen and oxygen atoms in total. The number of nitrogens with zero attached hydrogens (tertiary/aromatic N) is 2. The molecule has 1 atom stereocenters. The van der Waals surface area contributed by atoms with Gasteiger partial charge in [-0.1, -0.05) is 23.2 Å². The summed E-state index contributed by atoms with van der Waals surface area (Å²) in [6.07, 6.45) is 2.15. The molecule has 1 aromatic heterocycles. The lowest BCUT2D eigenvalue weighted by Crippen LogP contribution is -2.33. The third-order valence-corrected chi connectivity index (χ3v) is 4.15. The molecule has 0 bridgehead atoms. The fourth-order valence-corrected chi connectivity index (χ4v) is 2.82. The fraction of sp³-hybridized carbons (Fsp3) is 0.312. The van der Waals surface area contributed by atoms with E-state index in [1.54, 1.807) is 31.2 Å². The van der Waals surface area contributed by atoms with E-state index in [9.17, 15) is 9.59 Å². The van der Waals surface area contributed by atoms with Crippen molar-refractivity contribution in [3.63, 3.8) is 0 Å². The molecule has 120 valence electrons. The lowest BCUT2D eigenvalue weighted by molar-refractivity contribution is -0.119. The number of amides is 1. The van der Waals surface area contributed by atoms with Crippen LogP contribution in [0.15, 0.2) is 35.1 Å². The van der Waals surface area contributed by atoms with Gasteiger partial charge in [0.05, 0.1) is 5.69 Å². The van der Waals surface area contributed by atoms with Crippen molar-refractivity contribution in [1.29, 1.82) is 0 Å². The predicted octanol–water partition coefficient (Wildman–Crippen LogP) is 3.63. The second-order valence-electron chi connectivity index (χ2n) is 5.64. The minimum atomic E-state index is -0.737. The number of hydrogen-bond acceptors (Lipinski definition) is 3. The number of aromatic nitrogens is 2. The summed E-state index contributed by atoms with van der Waals surface area (Å²) >= 11 is 11.8. The molecule has 1 N–H and O–H groups in total. The second kappa shape index (κ2) is 6.34. The normalized spacial score (nSPS) is 15.3. The number of carbonyl (C=O) groups is 1. The van der Waals surface area contributed by atoms with E-state index in [4.69, 9.17) is 23.2 Å². The highest BCUT2D eigenvalue weighted by Gasteiger charge is 2.27. The van der Waals surface area contributed by atoms with Gasteiger partial charge in [0.1, 0.15) is 6.04 Å². The first-order valence-electron chi connectivity index (χ1n) is 7.31. The van der Waals surface area contributed by atoms with Gasteiger partial charge in [-0.25, -0.2) is 4.68 Å². The van der Waals surface area contributed by atoms with Gasteiger partial charge >= 0.3 is 0 Å². The molecular formula is C16H15Cl2N3O2. The maximum Gasteiger partial charge on any atom is 0.267 e. The molecule has 1 heterocycles. The molecule has 1 saturated carbocycles. The van der Waals surface area contributed by atoms with Crippen molar-refractivity contribution in [1.82, 2.24) is 9.78 Å². The van der Waals surface area contributed by atoms with E-state index in [1.807, 2.05) is 0 Å². The first-order valence-corrected chi connectivity index (χ1v) is 8.06. The van der Waals surface area contributed by atoms with Gasteiger partial charge in [-0.2, -0.15) is 5.10 Å². The van der Waals surface area contributed by atoms with Gasteiger partial charge in [0.15, 0.2) is 0 Å². The molecular weight excluding hydrogens is 337 g/mol. The van der Waals surface area contributed by atoms with E-state index in [2.05, 4.69) is 10.4 Å². The molecule has 1 aliphatic carbocycles. The molecule has 2 aromatic rings. The molecule has 7 heteroatoms. The molecule has 0 spiro atoms. The van der Waals surface area contributed by atoms with E-state index in [0.717, 1.165) is 18.5 Å². The van der Waals surface area contributed by atoms with Crippen LogP contribution in [0, 0.1) is 0 Å². The Morgan fingerprint density at radius 1 is 1.26 bits per heavy atom. The van der Waals surface area contributed by atoms with Crippen LogP contribution < -0.4 is 10.9 Å². The van der Waals surface area contributed by atoms with Gasteiger partial charge in [-0.05, 0) is 44.0 Å². The molecule has 0 saturated heterocycles. The van der Waals surface area contributed by atoms with E-state index < -0.39 is 6.04 Å². The molecule has 1 unspecified atom stereocenters. The van der Waals surface area contributed by atoms with E-state index in [1.165, 1.54) is 10.7 Å². The average molecular weight is 352 g/mol. The van der Waals surface area contributed by atoms with E-state index in [0.29, 0.717) is 21.7 Å². The zero-order valence-corrected chi connectivity index (χ0v) is 13.9. The first-order chi connectivity index (χ1) is 10.9. The van der Waals surface area contributed by atoms with Crippen molar-refractivity contribution in [2.75, 3.05) is 5.32 Å². The summed E-state index contributed by atoms with van der Waals surface area (Å²) in [6, 6.07) is 7.22. The Morgan fingerprint density at radius 3 is 2.52 bits per heavy atom. The summed E-state index contributed by atoms with van der Waals surface area (Å²) in [6.45, 7) is 1.63. The van der Waals surface area contributed by atoms with Crippen molar-refractivity contribution >= 4 is 34.8 Å². The van der Waals surface area contributed by atoms with Crippen LogP contribution in [0.2, 0.25) is 10.0 Å². The van der Waals surface area contributed by atoms with Crippen molar-refractivity contribution in [3.05, 3.63) is 56.4 Å². The smallest absolute Gasteiger partial charge is 0.267 e. The largest absolute Gasteiger partial charge is 0.324 e. The summed E-state index contributed by atoms with van der Waals surface area (Å²) in [5.41, 5.74) is 1.03.